The molecule has 0 atom stereocenters. The minimum absolute atomic E-state index is 0.0625. The summed E-state index contributed by atoms with van der Waals surface area (Å²) in [6.07, 6.45) is -4.78. The number of anilines is 1. The number of hydrogen-bond acceptors (Lipinski definition) is 2. The molecular weight excluding hydrogens is 399 g/mol. The Kier molecular flexibility index (Phi) is 3.72. The standard InChI is InChI=1S/C15H6BrClF3NO2/c16-11-6-7(17)5-10(15(18,19)20)12(11)21-13(22)8-3-1-2-4-9(8)14(21)23/h1-6H. The fraction of sp³-hybridized carbons (Fsp3) is 0.0667. The van der Waals surface area contributed by atoms with Crippen LogP contribution in [0.1, 0.15) is 26.3 Å². The van der Waals surface area contributed by atoms with Crippen molar-refractivity contribution in [1.82, 2.24) is 0 Å². The van der Waals surface area contributed by atoms with Crippen molar-refractivity contribution in [1.29, 1.82) is 0 Å². The Balaban J connectivity index is 2.25. The largest absolute Gasteiger partial charge is 0.418 e. The van der Waals surface area contributed by atoms with Crippen molar-refractivity contribution in [2.45, 2.75) is 6.18 Å². The van der Waals surface area contributed by atoms with Gasteiger partial charge in [-0.3, -0.25) is 9.59 Å². The number of rotatable bonds is 1. The summed E-state index contributed by atoms with van der Waals surface area (Å²) in [5, 5.41) is -0.162. The summed E-state index contributed by atoms with van der Waals surface area (Å²) >= 11 is 8.65. The number of carbonyl (C=O) groups excluding carboxylic acids is 2. The van der Waals surface area contributed by atoms with Gasteiger partial charge < -0.3 is 0 Å². The highest BCUT2D eigenvalue weighted by atomic mass is 79.9. The molecule has 1 aliphatic heterocycles. The van der Waals surface area contributed by atoms with Crippen LogP contribution >= 0.6 is 27.5 Å². The van der Waals surface area contributed by atoms with Gasteiger partial charge in [0.25, 0.3) is 11.8 Å². The first-order chi connectivity index (χ1) is 10.7. The molecule has 0 N–H and O–H groups in total. The smallest absolute Gasteiger partial charge is 0.268 e. The third kappa shape index (κ3) is 2.53. The number of fused-ring (bicyclic) bond motifs is 1. The van der Waals surface area contributed by atoms with E-state index in [1.165, 1.54) is 30.3 Å². The molecule has 0 bridgehead atoms. The van der Waals surface area contributed by atoms with Gasteiger partial charge in [0.15, 0.2) is 0 Å². The number of imide groups is 1. The Hall–Kier alpha value is -1.86. The lowest BCUT2D eigenvalue weighted by Gasteiger charge is -2.21. The third-order valence-corrected chi connectivity index (χ3v) is 4.17. The minimum atomic E-state index is -4.78. The van der Waals surface area contributed by atoms with Crippen LogP contribution in [-0.2, 0) is 6.18 Å². The Morgan fingerprint density at radius 2 is 1.52 bits per heavy atom. The number of benzene rings is 2. The van der Waals surface area contributed by atoms with E-state index in [-0.39, 0.29) is 20.6 Å². The van der Waals surface area contributed by atoms with Crippen LogP contribution in [0.2, 0.25) is 5.02 Å². The summed E-state index contributed by atoms with van der Waals surface area (Å²) in [5.74, 6) is -1.61. The van der Waals surface area contributed by atoms with Crippen LogP contribution < -0.4 is 4.90 Å². The molecule has 2 aromatic carbocycles. The lowest BCUT2D eigenvalue weighted by atomic mass is 10.1. The Morgan fingerprint density at radius 1 is 1.00 bits per heavy atom. The Morgan fingerprint density at radius 3 is 2.00 bits per heavy atom. The van der Waals surface area contributed by atoms with Crippen molar-refractivity contribution in [2.24, 2.45) is 0 Å². The molecule has 23 heavy (non-hydrogen) atoms. The number of hydrogen-bond donors (Lipinski definition) is 0. The highest BCUT2D eigenvalue weighted by Gasteiger charge is 2.43. The third-order valence-electron chi connectivity index (χ3n) is 3.35. The second kappa shape index (κ2) is 5.35. The van der Waals surface area contributed by atoms with Crippen LogP contribution in [0, 0.1) is 0 Å². The summed E-state index contributed by atoms with van der Waals surface area (Å²) in [5.41, 5.74) is -1.60. The predicted molar refractivity (Wildman–Crippen MR) is 81.7 cm³/mol. The summed E-state index contributed by atoms with van der Waals surface area (Å²) < 4.78 is 39.9. The van der Waals surface area contributed by atoms with Gasteiger partial charge in [0, 0.05) is 9.50 Å². The molecule has 2 aromatic rings. The van der Waals surface area contributed by atoms with E-state index in [0.717, 1.165) is 0 Å². The van der Waals surface area contributed by atoms with Gasteiger partial charge in [0.2, 0.25) is 0 Å². The van der Waals surface area contributed by atoms with E-state index in [1.54, 1.807) is 0 Å². The minimum Gasteiger partial charge on any atom is -0.268 e. The van der Waals surface area contributed by atoms with E-state index >= 15 is 0 Å². The number of nitrogens with zero attached hydrogens (tertiary/aromatic N) is 1. The second-order valence-electron chi connectivity index (χ2n) is 4.77. The maximum Gasteiger partial charge on any atom is 0.418 e. The van der Waals surface area contributed by atoms with Gasteiger partial charge in [-0.2, -0.15) is 13.2 Å². The monoisotopic (exact) mass is 403 g/mol. The summed E-state index contributed by atoms with van der Waals surface area (Å²) in [6.45, 7) is 0. The molecule has 1 heterocycles. The number of alkyl halides is 3. The normalized spacial score (nSPS) is 14.4. The van der Waals surface area contributed by atoms with E-state index in [9.17, 15) is 22.8 Å². The molecule has 8 heteroatoms. The average Bonchev–Trinajstić information content (AvgIpc) is 2.71. The fourth-order valence-electron chi connectivity index (χ4n) is 2.40. The SMILES string of the molecule is O=C1c2ccccc2C(=O)N1c1c(Br)cc(Cl)cc1C(F)(F)F. The molecule has 3 rings (SSSR count). The van der Waals surface area contributed by atoms with Crippen molar-refractivity contribution in [3.05, 3.63) is 62.6 Å². The van der Waals surface area contributed by atoms with E-state index in [1.807, 2.05) is 0 Å². The number of carbonyl (C=O) groups is 2. The van der Waals surface area contributed by atoms with Crippen molar-refractivity contribution in [3.63, 3.8) is 0 Å². The lowest BCUT2D eigenvalue weighted by Crippen LogP contribution is -2.32. The molecule has 0 spiro atoms. The van der Waals surface area contributed by atoms with Crippen molar-refractivity contribution < 1.29 is 22.8 Å². The van der Waals surface area contributed by atoms with Crippen LogP contribution in [0.5, 0.6) is 0 Å². The first-order valence-corrected chi connectivity index (χ1v) is 7.43. The van der Waals surface area contributed by atoms with Gasteiger partial charge in [-0.15, -0.1) is 0 Å². The van der Waals surface area contributed by atoms with Gasteiger partial charge in [0.1, 0.15) is 0 Å². The van der Waals surface area contributed by atoms with E-state index in [4.69, 9.17) is 11.6 Å². The fourth-order valence-corrected chi connectivity index (χ4v) is 3.39. The Bertz CT molecular complexity index is 816. The summed E-state index contributed by atoms with van der Waals surface area (Å²) in [6, 6.07) is 7.75. The van der Waals surface area contributed by atoms with Crippen LogP contribution in [0.4, 0.5) is 18.9 Å². The molecule has 0 saturated carbocycles. The molecule has 3 nitrogen and oxygen atoms in total. The zero-order valence-electron chi connectivity index (χ0n) is 11.1. The number of halogens is 5. The van der Waals surface area contributed by atoms with Gasteiger partial charge >= 0.3 is 6.18 Å². The van der Waals surface area contributed by atoms with Crippen LogP contribution in [0.15, 0.2) is 40.9 Å². The highest BCUT2D eigenvalue weighted by molar-refractivity contribution is 9.10. The molecule has 2 amide bonds. The zero-order chi connectivity index (χ0) is 16.9. The van der Waals surface area contributed by atoms with Gasteiger partial charge in [-0.1, -0.05) is 23.7 Å². The first kappa shape index (κ1) is 16.0. The zero-order valence-corrected chi connectivity index (χ0v) is 13.5. The van der Waals surface area contributed by atoms with Gasteiger partial charge in [0.05, 0.1) is 22.4 Å². The highest BCUT2D eigenvalue weighted by Crippen LogP contribution is 2.44. The number of amides is 2. The molecular formula is C15H6BrClF3NO2. The van der Waals surface area contributed by atoms with Crippen molar-refractivity contribution >= 4 is 45.0 Å². The summed E-state index contributed by atoms with van der Waals surface area (Å²) in [4.78, 5) is 25.3. The second-order valence-corrected chi connectivity index (χ2v) is 6.06. The van der Waals surface area contributed by atoms with E-state index in [2.05, 4.69) is 15.9 Å². The lowest BCUT2D eigenvalue weighted by molar-refractivity contribution is -0.137. The van der Waals surface area contributed by atoms with Crippen LogP contribution in [-0.4, -0.2) is 11.8 Å². The molecule has 0 radical (unpaired) electrons. The average molecular weight is 405 g/mol. The Labute approximate surface area is 141 Å². The van der Waals surface area contributed by atoms with Crippen LogP contribution in [0.3, 0.4) is 0 Å². The molecule has 1 aliphatic rings. The van der Waals surface area contributed by atoms with Crippen molar-refractivity contribution in [3.8, 4) is 0 Å². The molecule has 0 fully saturated rings. The first-order valence-electron chi connectivity index (χ1n) is 6.26. The quantitative estimate of drug-likeness (QED) is 0.633. The van der Waals surface area contributed by atoms with Crippen LogP contribution in [0.25, 0.3) is 0 Å². The topological polar surface area (TPSA) is 37.4 Å². The molecule has 0 saturated heterocycles. The molecule has 0 aliphatic carbocycles. The predicted octanol–water partition coefficient (Wildman–Crippen LogP) is 4.92. The summed E-state index contributed by atoms with van der Waals surface area (Å²) in [7, 11) is 0. The van der Waals surface area contributed by atoms with E-state index in [0.29, 0.717) is 11.0 Å². The van der Waals surface area contributed by atoms with E-state index < -0.39 is 29.2 Å². The van der Waals surface area contributed by atoms with Gasteiger partial charge in [-0.05, 0) is 40.2 Å². The maximum absolute atomic E-state index is 13.3. The van der Waals surface area contributed by atoms with Crippen molar-refractivity contribution in [2.75, 3.05) is 4.90 Å². The molecule has 0 aromatic heterocycles. The molecule has 0 unspecified atom stereocenters. The maximum atomic E-state index is 13.3. The van der Waals surface area contributed by atoms with Gasteiger partial charge in [-0.25, -0.2) is 4.90 Å². The molecule has 118 valence electrons.